The van der Waals surface area contributed by atoms with Gasteiger partial charge in [0.1, 0.15) is 0 Å². The Kier molecular flexibility index (Phi) is 1.93. The van der Waals surface area contributed by atoms with Gasteiger partial charge in [0.25, 0.3) is 0 Å². The van der Waals surface area contributed by atoms with Crippen molar-refractivity contribution in [2.24, 2.45) is 11.7 Å². The zero-order chi connectivity index (χ0) is 8.55. The minimum atomic E-state index is 0.398. The van der Waals surface area contributed by atoms with Crippen molar-refractivity contribution in [3.05, 3.63) is 46.1 Å². The highest BCUT2D eigenvalue weighted by Gasteiger charge is 2.20. The monoisotopic (exact) mass is 223 g/mol. The van der Waals surface area contributed by atoms with Crippen LogP contribution in [0.25, 0.3) is 0 Å². The van der Waals surface area contributed by atoms with E-state index in [0.717, 1.165) is 16.6 Å². The Morgan fingerprint density at radius 1 is 1.42 bits per heavy atom. The molecule has 0 aromatic heterocycles. The molecule has 2 heteroatoms. The van der Waals surface area contributed by atoms with Gasteiger partial charge in [0.05, 0.1) is 0 Å². The number of halogens is 1. The summed E-state index contributed by atoms with van der Waals surface area (Å²) in [5.74, 6) is 0.398. The first kappa shape index (κ1) is 7.87. The lowest BCUT2D eigenvalue weighted by Crippen LogP contribution is -2.17. The normalized spacial score (nSPS) is 27.1. The van der Waals surface area contributed by atoms with Gasteiger partial charge in [-0.15, -0.1) is 0 Å². The summed E-state index contributed by atoms with van der Waals surface area (Å²) in [7, 11) is 0. The van der Waals surface area contributed by atoms with Crippen LogP contribution < -0.4 is 5.73 Å². The SMILES string of the molecule is NC1=CC=CC2=C(Br)C=CCC12. The van der Waals surface area contributed by atoms with Gasteiger partial charge in [-0.2, -0.15) is 0 Å². The van der Waals surface area contributed by atoms with Crippen molar-refractivity contribution in [1.29, 1.82) is 0 Å². The molecule has 0 amide bonds. The Morgan fingerprint density at radius 2 is 2.25 bits per heavy atom. The first-order valence-corrected chi connectivity index (χ1v) is 4.78. The predicted molar refractivity (Wildman–Crippen MR) is 54.6 cm³/mol. The molecule has 0 heterocycles. The Hall–Kier alpha value is -0.760. The summed E-state index contributed by atoms with van der Waals surface area (Å²) in [4.78, 5) is 0. The van der Waals surface area contributed by atoms with Gasteiger partial charge in [-0.05, 0) is 18.1 Å². The molecule has 1 unspecified atom stereocenters. The second-order valence-electron chi connectivity index (χ2n) is 3.02. The Morgan fingerprint density at radius 3 is 3.00 bits per heavy atom. The molecular weight excluding hydrogens is 214 g/mol. The van der Waals surface area contributed by atoms with Crippen molar-refractivity contribution in [3.63, 3.8) is 0 Å². The maximum atomic E-state index is 5.87. The van der Waals surface area contributed by atoms with Crippen LogP contribution >= 0.6 is 15.9 Å². The summed E-state index contributed by atoms with van der Waals surface area (Å²) in [6, 6.07) is 0. The molecule has 2 aliphatic carbocycles. The minimum Gasteiger partial charge on any atom is -0.402 e. The molecular formula is C10H10BrN. The van der Waals surface area contributed by atoms with Crippen LogP contribution in [0.5, 0.6) is 0 Å². The molecule has 0 aromatic carbocycles. The molecule has 2 N–H and O–H groups in total. The van der Waals surface area contributed by atoms with Crippen molar-refractivity contribution in [1.82, 2.24) is 0 Å². The summed E-state index contributed by atoms with van der Waals surface area (Å²) in [5, 5.41) is 0. The molecule has 62 valence electrons. The molecule has 0 aliphatic heterocycles. The molecule has 0 bridgehead atoms. The molecule has 0 spiro atoms. The van der Waals surface area contributed by atoms with E-state index in [0.29, 0.717) is 5.92 Å². The van der Waals surface area contributed by atoms with Crippen molar-refractivity contribution in [3.8, 4) is 0 Å². The maximum absolute atomic E-state index is 5.87. The summed E-state index contributed by atoms with van der Waals surface area (Å²) in [6.07, 6.45) is 11.4. The molecule has 1 nitrogen and oxygen atoms in total. The lowest BCUT2D eigenvalue weighted by molar-refractivity contribution is 0.717. The first-order valence-electron chi connectivity index (χ1n) is 3.99. The Bertz CT molecular complexity index is 321. The standard InChI is InChI=1S/C10H10BrN/c11-9-5-1-4-8-7(9)3-2-6-10(8)12/h1-3,5-6,8H,4,12H2. The van der Waals surface area contributed by atoms with Crippen LogP contribution in [0.2, 0.25) is 0 Å². The minimum absolute atomic E-state index is 0.398. The molecule has 0 fully saturated rings. The van der Waals surface area contributed by atoms with Crippen molar-refractivity contribution in [2.75, 3.05) is 0 Å². The van der Waals surface area contributed by atoms with Crippen molar-refractivity contribution in [2.45, 2.75) is 6.42 Å². The van der Waals surface area contributed by atoms with Gasteiger partial charge in [-0.25, -0.2) is 0 Å². The lowest BCUT2D eigenvalue weighted by Gasteiger charge is -2.23. The number of allylic oxidation sites excluding steroid dienone is 7. The van der Waals surface area contributed by atoms with E-state index in [1.807, 2.05) is 12.2 Å². The number of fused-ring (bicyclic) bond motifs is 1. The van der Waals surface area contributed by atoms with Gasteiger partial charge in [-0.3, -0.25) is 0 Å². The third kappa shape index (κ3) is 1.16. The van der Waals surface area contributed by atoms with Gasteiger partial charge in [0.15, 0.2) is 0 Å². The second-order valence-corrected chi connectivity index (χ2v) is 3.87. The topological polar surface area (TPSA) is 26.0 Å². The summed E-state index contributed by atoms with van der Waals surface area (Å²) in [6.45, 7) is 0. The summed E-state index contributed by atoms with van der Waals surface area (Å²) in [5.41, 5.74) is 8.14. The molecule has 0 aromatic rings. The third-order valence-corrected chi connectivity index (χ3v) is 2.98. The molecule has 0 saturated heterocycles. The molecule has 12 heavy (non-hydrogen) atoms. The highest BCUT2D eigenvalue weighted by Crippen LogP contribution is 2.34. The van der Waals surface area contributed by atoms with Crippen LogP contribution in [0, 0.1) is 5.92 Å². The van der Waals surface area contributed by atoms with E-state index in [9.17, 15) is 0 Å². The average Bonchev–Trinajstić information content (AvgIpc) is 2.07. The van der Waals surface area contributed by atoms with Gasteiger partial charge in [0.2, 0.25) is 0 Å². The lowest BCUT2D eigenvalue weighted by atomic mass is 9.86. The predicted octanol–water partition coefficient (Wildman–Crippen LogP) is 2.62. The van der Waals surface area contributed by atoms with Gasteiger partial charge in [-0.1, -0.05) is 40.2 Å². The molecule has 2 aliphatic rings. The highest BCUT2D eigenvalue weighted by molar-refractivity contribution is 9.11. The van der Waals surface area contributed by atoms with Crippen LogP contribution in [-0.4, -0.2) is 0 Å². The fraction of sp³-hybridized carbons (Fsp3) is 0.200. The fourth-order valence-electron chi connectivity index (χ4n) is 1.59. The van der Waals surface area contributed by atoms with E-state index < -0.39 is 0 Å². The molecule has 1 atom stereocenters. The smallest absolute Gasteiger partial charge is 0.0281 e. The first-order chi connectivity index (χ1) is 5.79. The van der Waals surface area contributed by atoms with Crippen molar-refractivity contribution >= 4 is 15.9 Å². The van der Waals surface area contributed by atoms with Crippen LogP contribution in [-0.2, 0) is 0 Å². The third-order valence-electron chi connectivity index (χ3n) is 2.25. The number of rotatable bonds is 0. The fourth-order valence-corrected chi connectivity index (χ4v) is 2.18. The number of hydrogen-bond donors (Lipinski definition) is 1. The Labute approximate surface area is 80.5 Å². The van der Waals surface area contributed by atoms with E-state index in [1.165, 1.54) is 5.57 Å². The summed E-state index contributed by atoms with van der Waals surface area (Å²) < 4.78 is 1.16. The molecule has 2 rings (SSSR count). The van der Waals surface area contributed by atoms with Crippen LogP contribution in [0.3, 0.4) is 0 Å². The number of hydrogen-bond acceptors (Lipinski definition) is 1. The maximum Gasteiger partial charge on any atom is 0.0281 e. The van der Waals surface area contributed by atoms with Crippen LogP contribution in [0.4, 0.5) is 0 Å². The van der Waals surface area contributed by atoms with E-state index >= 15 is 0 Å². The van der Waals surface area contributed by atoms with E-state index in [-0.39, 0.29) is 0 Å². The number of nitrogens with two attached hydrogens (primary N) is 1. The quantitative estimate of drug-likeness (QED) is 0.672. The largest absolute Gasteiger partial charge is 0.402 e. The zero-order valence-corrected chi connectivity index (χ0v) is 8.21. The van der Waals surface area contributed by atoms with Gasteiger partial charge < -0.3 is 5.73 Å². The van der Waals surface area contributed by atoms with Crippen molar-refractivity contribution < 1.29 is 0 Å². The molecule has 0 saturated carbocycles. The van der Waals surface area contributed by atoms with Gasteiger partial charge in [0, 0.05) is 16.1 Å². The average molecular weight is 224 g/mol. The van der Waals surface area contributed by atoms with E-state index in [4.69, 9.17) is 5.73 Å². The van der Waals surface area contributed by atoms with Crippen LogP contribution in [0.1, 0.15) is 6.42 Å². The summed E-state index contributed by atoms with van der Waals surface area (Å²) >= 11 is 3.52. The highest BCUT2D eigenvalue weighted by atomic mass is 79.9. The van der Waals surface area contributed by atoms with E-state index in [1.54, 1.807) is 0 Å². The second kappa shape index (κ2) is 2.94. The molecule has 0 radical (unpaired) electrons. The van der Waals surface area contributed by atoms with Crippen LogP contribution in [0.15, 0.2) is 46.1 Å². The van der Waals surface area contributed by atoms with Gasteiger partial charge >= 0.3 is 0 Å². The van der Waals surface area contributed by atoms with E-state index in [2.05, 4.69) is 34.2 Å². The zero-order valence-electron chi connectivity index (χ0n) is 6.63. The Balaban J connectivity index is 2.45.